The first-order chi connectivity index (χ1) is 6.65. The topological polar surface area (TPSA) is 71.0 Å². The molecule has 6 heteroatoms. The van der Waals surface area contributed by atoms with Crippen molar-refractivity contribution in [3.05, 3.63) is 11.3 Å². The van der Waals surface area contributed by atoms with E-state index in [1.165, 1.54) is 14.2 Å². The van der Waals surface area contributed by atoms with Crippen LogP contribution in [0.1, 0.15) is 6.42 Å². The minimum absolute atomic E-state index is 0.262. The number of likely N-dealkylation sites (N-methyl/N-ethyl adjacent to an activating group) is 1. The van der Waals surface area contributed by atoms with Gasteiger partial charge in [-0.2, -0.15) is 0 Å². The van der Waals surface area contributed by atoms with Crippen molar-refractivity contribution >= 4 is 17.7 Å². The van der Waals surface area contributed by atoms with Gasteiger partial charge in [-0.25, -0.2) is 0 Å². The van der Waals surface area contributed by atoms with Crippen LogP contribution in [0.4, 0.5) is 0 Å². The highest BCUT2D eigenvalue weighted by atomic mass is 16.5. The molecule has 0 atom stereocenters. The average Bonchev–Trinajstić information content (AvgIpc) is 2.44. The lowest BCUT2D eigenvalue weighted by Gasteiger charge is -2.11. The van der Waals surface area contributed by atoms with Gasteiger partial charge in [0.15, 0.2) is 0 Å². The first-order valence-electron chi connectivity index (χ1n) is 4.07. The maximum atomic E-state index is 11.5. The standard InChI is InChI=1S/C8H9N3O3/c1-11-7(12)4-3-5(14-2)9-10-6(4)8(11)13/h10H,3H2,1-2H3. The lowest BCUT2D eigenvalue weighted by molar-refractivity contribution is -0.136. The second-order valence-corrected chi connectivity index (χ2v) is 3.02. The highest BCUT2D eigenvalue weighted by molar-refractivity contribution is 6.20. The molecule has 2 rings (SSSR count). The van der Waals surface area contributed by atoms with Gasteiger partial charge in [-0.15, -0.1) is 5.10 Å². The summed E-state index contributed by atoms with van der Waals surface area (Å²) in [6, 6.07) is 0. The number of methoxy groups -OCH3 is 1. The first kappa shape index (κ1) is 8.74. The Morgan fingerprint density at radius 1 is 1.43 bits per heavy atom. The van der Waals surface area contributed by atoms with Gasteiger partial charge in [-0.3, -0.25) is 19.9 Å². The Labute approximate surface area is 80.2 Å². The molecule has 14 heavy (non-hydrogen) atoms. The molecule has 0 fully saturated rings. The molecule has 2 amide bonds. The maximum Gasteiger partial charge on any atom is 0.278 e. The summed E-state index contributed by atoms with van der Waals surface area (Å²) in [5.41, 5.74) is 3.21. The predicted octanol–water partition coefficient (Wildman–Crippen LogP) is -0.808. The number of hydrogen-bond acceptors (Lipinski definition) is 5. The Kier molecular flexibility index (Phi) is 1.77. The summed E-state index contributed by atoms with van der Waals surface area (Å²) in [5.74, 6) is -0.231. The summed E-state index contributed by atoms with van der Waals surface area (Å²) in [6.07, 6.45) is 0.272. The number of carbonyl (C=O) groups excluding carboxylic acids is 2. The number of rotatable bonds is 0. The van der Waals surface area contributed by atoms with E-state index in [2.05, 4.69) is 10.5 Å². The lowest BCUT2D eigenvalue weighted by Crippen LogP contribution is -2.28. The van der Waals surface area contributed by atoms with Crippen LogP contribution in [0.15, 0.2) is 16.4 Å². The Hall–Kier alpha value is -1.85. The third-order valence-electron chi connectivity index (χ3n) is 2.24. The molecule has 0 radical (unpaired) electrons. The maximum absolute atomic E-state index is 11.5. The van der Waals surface area contributed by atoms with E-state index in [0.717, 1.165) is 4.90 Å². The fourth-order valence-corrected chi connectivity index (χ4v) is 1.40. The van der Waals surface area contributed by atoms with Crippen molar-refractivity contribution in [2.24, 2.45) is 5.10 Å². The third kappa shape index (κ3) is 1.00. The van der Waals surface area contributed by atoms with Crippen molar-refractivity contribution in [2.75, 3.05) is 14.2 Å². The zero-order valence-corrected chi connectivity index (χ0v) is 7.83. The fraction of sp³-hybridized carbons (Fsp3) is 0.375. The van der Waals surface area contributed by atoms with Crippen LogP contribution < -0.4 is 5.43 Å². The summed E-state index contributed by atoms with van der Waals surface area (Å²) >= 11 is 0. The Morgan fingerprint density at radius 2 is 2.14 bits per heavy atom. The highest BCUT2D eigenvalue weighted by Crippen LogP contribution is 2.23. The molecule has 0 unspecified atom stereocenters. The van der Waals surface area contributed by atoms with E-state index in [0.29, 0.717) is 11.5 Å². The van der Waals surface area contributed by atoms with Gasteiger partial charge in [-0.05, 0) is 0 Å². The van der Waals surface area contributed by atoms with Crippen LogP contribution in [0.3, 0.4) is 0 Å². The minimum atomic E-state index is -0.344. The van der Waals surface area contributed by atoms with Crippen LogP contribution >= 0.6 is 0 Å². The molecule has 0 bridgehead atoms. The molecule has 0 saturated heterocycles. The summed E-state index contributed by atoms with van der Waals surface area (Å²) in [4.78, 5) is 24.0. The molecule has 0 spiro atoms. The number of imide groups is 1. The van der Waals surface area contributed by atoms with Crippen molar-refractivity contribution < 1.29 is 14.3 Å². The molecular weight excluding hydrogens is 186 g/mol. The second kappa shape index (κ2) is 2.83. The lowest BCUT2D eigenvalue weighted by atomic mass is 10.1. The molecule has 0 aliphatic carbocycles. The number of hydrogen-bond donors (Lipinski definition) is 1. The zero-order chi connectivity index (χ0) is 10.3. The Bertz CT molecular complexity index is 383. The SMILES string of the molecule is COC1=NNC2=C(C1)C(=O)N(C)C2=O. The molecule has 2 aliphatic heterocycles. The monoisotopic (exact) mass is 195 g/mol. The van der Waals surface area contributed by atoms with Gasteiger partial charge in [-0.1, -0.05) is 0 Å². The Morgan fingerprint density at radius 3 is 2.79 bits per heavy atom. The zero-order valence-electron chi connectivity index (χ0n) is 7.83. The summed E-state index contributed by atoms with van der Waals surface area (Å²) < 4.78 is 4.89. The van der Waals surface area contributed by atoms with Crippen molar-refractivity contribution in [1.82, 2.24) is 10.3 Å². The van der Waals surface area contributed by atoms with Crippen molar-refractivity contribution in [3.63, 3.8) is 0 Å². The van der Waals surface area contributed by atoms with Crippen LogP contribution in [0.2, 0.25) is 0 Å². The van der Waals surface area contributed by atoms with Crippen molar-refractivity contribution in [3.8, 4) is 0 Å². The molecule has 0 saturated carbocycles. The van der Waals surface area contributed by atoms with E-state index in [9.17, 15) is 9.59 Å². The van der Waals surface area contributed by atoms with Gasteiger partial charge in [0.05, 0.1) is 19.1 Å². The van der Waals surface area contributed by atoms with E-state index in [-0.39, 0.29) is 23.9 Å². The molecule has 2 aliphatic rings. The normalized spacial score (nSPS) is 20.7. The van der Waals surface area contributed by atoms with E-state index >= 15 is 0 Å². The van der Waals surface area contributed by atoms with Gasteiger partial charge in [0.25, 0.3) is 11.8 Å². The largest absolute Gasteiger partial charge is 0.483 e. The summed E-state index contributed by atoms with van der Waals surface area (Å²) in [6.45, 7) is 0. The molecule has 0 aromatic carbocycles. The second-order valence-electron chi connectivity index (χ2n) is 3.02. The van der Waals surface area contributed by atoms with Gasteiger partial charge in [0, 0.05) is 7.05 Å². The number of nitrogens with zero attached hydrogens (tertiary/aromatic N) is 2. The van der Waals surface area contributed by atoms with E-state index in [4.69, 9.17) is 4.74 Å². The summed E-state index contributed by atoms with van der Waals surface area (Å²) in [5, 5.41) is 3.80. The average molecular weight is 195 g/mol. The molecule has 2 heterocycles. The van der Waals surface area contributed by atoms with E-state index in [1.54, 1.807) is 0 Å². The molecule has 0 aromatic heterocycles. The molecular formula is C8H9N3O3. The van der Waals surface area contributed by atoms with Crippen LogP contribution in [0.25, 0.3) is 0 Å². The number of carbonyl (C=O) groups is 2. The van der Waals surface area contributed by atoms with Gasteiger partial charge >= 0.3 is 0 Å². The van der Waals surface area contributed by atoms with Crippen LogP contribution in [-0.2, 0) is 14.3 Å². The summed E-state index contributed by atoms with van der Waals surface area (Å²) in [7, 11) is 2.91. The fourth-order valence-electron chi connectivity index (χ4n) is 1.40. The number of amides is 2. The molecule has 0 aromatic rings. The van der Waals surface area contributed by atoms with Gasteiger partial charge in [0.2, 0.25) is 5.90 Å². The van der Waals surface area contributed by atoms with Crippen LogP contribution in [0.5, 0.6) is 0 Å². The predicted molar refractivity (Wildman–Crippen MR) is 47.0 cm³/mol. The van der Waals surface area contributed by atoms with E-state index < -0.39 is 0 Å². The molecule has 1 N–H and O–H groups in total. The molecule has 74 valence electrons. The highest BCUT2D eigenvalue weighted by Gasteiger charge is 2.38. The van der Waals surface area contributed by atoms with Crippen molar-refractivity contribution in [1.29, 1.82) is 0 Å². The van der Waals surface area contributed by atoms with Gasteiger partial charge < -0.3 is 4.74 Å². The van der Waals surface area contributed by atoms with E-state index in [1.807, 2.05) is 0 Å². The van der Waals surface area contributed by atoms with Gasteiger partial charge in [0.1, 0.15) is 5.70 Å². The smallest absolute Gasteiger partial charge is 0.278 e. The third-order valence-corrected chi connectivity index (χ3v) is 2.24. The van der Waals surface area contributed by atoms with Crippen LogP contribution in [-0.4, -0.2) is 36.8 Å². The molecule has 6 nitrogen and oxygen atoms in total. The number of ether oxygens (including phenoxy) is 1. The Balaban J connectivity index is 2.32. The quantitative estimate of drug-likeness (QED) is 0.513. The first-order valence-corrected chi connectivity index (χ1v) is 4.07. The van der Waals surface area contributed by atoms with Crippen LogP contribution in [0, 0.1) is 0 Å². The van der Waals surface area contributed by atoms with Crippen molar-refractivity contribution in [2.45, 2.75) is 6.42 Å². The minimum Gasteiger partial charge on any atom is -0.483 e. The number of hydrazone groups is 1. The number of nitrogens with one attached hydrogen (secondary N) is 1.